The van der Waals surface area contributed by atoms with E-state index in [1.165, 1.54) is 0 Å². The first-order valence-corrected chi connectivity index (χ1v) is 5.18. The minimum atomic E-state index is 0.267. The van der Waals surface area contributed by atoms with Crippen LogP contribution in [0.3, 0.4) is 0 Å². The fraction of sp³-hybridized carbons (Fsp3) is 0.909. The van der Waals surface area contributed by atoms with E-state index in [0.29, 0.717) is 12.3 Å². The van der Waals surface area contributed by atoms with E-state index in [1.807, 2.05) is 18.7 Å². The second-order valence-electron chi connectivity index (χ2n) is 4.63. The molecule has 13 heavy (non-hydrogen) atoms. The number of carbonyl (C=O) groups is 1. The van der Waals surface area contributed by atoms with Crippen molar-refractivity contribution in [3.8, 4) is 0 Å². The van der Waals surface area contributed by atoms with E-state index in [0.717, 1.165) is 19.5 Å². The molecule has 0 aliphatic heterocycles. The van der Waals surface area contributed by atoms with Crippen LogP contribution in [0.5, 0.6) is 0 Å². The van der Waals surface area contributed by atoms with Crippen molar-refractivity contribution >= 4 is 5.91 Å². The van der Waals surface area contributed by atoms with Crippen LogP contribution in [0, 0.1) is 5.41 Å². The predicted octanol–water partition coefficient (Wildman–Crippen LogP) is 2.68. The van der Waals surface area contributed by atoms with Gasteiger partial charge >= 0.3 is 0 Å². The van der Waals surface area contributed by atoms with Crippen LogP contribution < -0.4 is 0 Å². The zero-order valence-electron chi connectivity index (χ0n) is 9.68. The van der Waals surface area contributed by atoms with Crippen LogP contribution in [0.1, 0.15) is 47.5 Å². The summed E-state index contributed by atoms with van der Waals surface area (Å²) in [6.45, 7) is 12.2. The molecule has 0 bridgehead atoms. The number of carbonyl (C=O) groups excluding carboxylic acids is 1. The summed E-state index contributed by atoms with van der Waals surface area (Å²) in [6.07, 6.45) is 1.66. The lowest BCUT2D eigenvalue weighted by atomic mass is 9.90. The van der Waals surface area contributed by atoms with Gasteiger partial charge in [-0.2, -0.15) is 0 Å². The smallest absolute Gasteiger partial charge is 0.222 e. The van der Waals surface area contributed by atoms with Crippen molar-refractivity contribution in [2.24, 2.45) is 5.41 Å². The number of rotatable bonds is 4. The first kappa shape index (κ1) is 12.5. The third kappa shape index (κ3) is 5.67. The fourth-order valence-corrected chi connectivity index (χ4v) is 1.22. The largest absolute Gasteiger partial charge is 0.343 e. The Morgan fingerprint density at radius 3 is 1.92 bits per heavy atom. The highest BCUT2D eigenvalue weighted by Gasteiger charge is 2.15. The van der Waals surface area contributed by atoms with Gasteiger partial charge in [-0.05, 0) is 25.7 Å². The van der Waals surface area contributed by atoms with Gasteiger partial charge in [-0.3, -0.25) is 4.79 Å². The maximum absolute atomic E-state index is 11.6. The first-order valence-electron chi connectivity index (χ1n) is 5.18. The summed E-state index contributed by atoms with van der Waals surface area (Å²) in [5.41, 5.74) is 0.267. The summed E-state index contributed by atoms with van der Waals surface area (Å²) in [5.74, 6) is 0.292. The third-order valence-electron chi connectivity index (χ3n) is 2.21. The van der Waals surface area contributed by atoms with Crippen LogP contribution in [0.4, 0.5) is 0 Å². The van der Waals surface area contributed by atoms with E-state index in [2.05, 4.69) is 20.8 Å². The lowest BCUT2D eigenvalue weighted by molar-refractivity contribution is -0.131. The van der Waals surface area contributed by atoms with Gasteiger partial charge < -0.3 is 4.90 Å². The maximum Gasteiger partial charge on any atom is 0.222 e. The second-order valence-corrected chi connectivity index (χ2v) is 4.63. The van der Waals surface area contributed by atoms with Crippen molar-refractivity contribution < 1.29 is 4.79 Å². The van der Waals surface area contributed by atoms with Crippen molar-refractivity contribution in [2.75, 3.05) is 13.1 Å². The van der Waals surface area contributed by atoms with Gasteiger partial charge in [-0.25, -0.2) is 0 Å². The van der Waals surface area contributed by atoms with Crippen molar-refractivity contribution in [3.63, 3.8) is 0 Å². The van der Waals surface area contributed by atoms with E-state index < -0.39 is 0 Å². The first-order chi connectivity index (χ1) is 5.90. The van der Waals surface area contributed by atoms with E-state index >= 15 is 0 Å². The van der Waals surface area contributed by atoms with Crippen molar-refractivity contribution in [3.05, 3.63) is 0 Å². The van der Waals surface area contributed by atoms with Gasteiger partial charge in [0.2, 0.25) is 5.91 Å². The molecule has 0 heterocycles. The molecule has 0 aliphatic rings. The molecule has 0 aromatic rings. The van der Waals surface area contributed by atoms with Gasteiger partial charge in [0, 0.05) is 19.5 Å². The highest BCUT2D eigenvalue weighted by molar-refractivity contribution is 5.76. The Balaban J connectivity index is 3.86. The van der Waals surface area contributed by atoms with Crippen LogP contribution in [0.15, 0.2) is 0 Å². The van der Waals surface area contributed by atoms with E-state index in [4.69, 9.17) is 0 Å². The minimum Gasteiger partial charge on any atom is -0.343 e. The van der Waals surface area contributed by atoms with Crippen LogP contribution in [-0.4, -0.2) is 23.9 Å². The van der Waals surface area contributed by atoms with Crippen LogP contribution in [-0.2, 0) is 4.79 Å². The fourth-order valence-electron chi connectivity index (χ4n) is 1.22. The number of hydrogen-bond acceptors (Lipinski definition) is 1. The molecular formula is C11H23NO. The standard InChI is InChI=1S/C11H23NO/c1-6-12(7-2)10(13)8-9-11(3,4)5/h6-9H2,1-5H3. The molecule has 0 rings (SSSR count). The third-order valence-corrected chi connectivity index (χ3v) is 2.21. The Hall–Kier alpha value is -0.530. The summed E-state index contributed by atoms with van der Waals surface area (Å²) in [4.78, 5) is 13.5. The van der Waals surface area contributed by atoms with Gasteiger partial charge in [0.15, 0.2) is 0 Å². The molecule has 0 saturated heterocycles. The molecule has 0 aromatic heterocycles. The summed E-state index contributed by atoms with van der Waals surface area (Å²) in [6, 6.07) is 0. The van der Waals surface area contributed by atoms with Crippen molar-refractivity contribution in [1.82, 2.24) is 4.90 Å². The van der Waals surface area contributed by atoms with Gasteiger partial charge in [0.25, 0.3) is 0 Å². The average molecular weight is 185 g/mol. The van der Waals surface area contributed by atoms with Crippen LogP contribution >= 0.6 is 0 Å². The summed E-state index contributed by atoms with van der Waals surface area (Å²) < 4.78 is 0. The molecule has 0 spiro atoms. The summed E-state index contributed by atoms with van der Waals surface area (Å²) in [7, 11) is 0. The van der Waals surface area contributed by atoms with Gasteiger partial charge in [0.05, 0.1) is 0 Å². The molecule has 78 valence electrons. The number of nitrogens with zero attached hydrogens (tertiary/aromatic N) is 1. The average Bonchev–Trinajstić information content (AvgIpc) is 2.02. The Morgan fingerprint density at radius 2 is 1.62 bits per heavy atom. The molecule has 0 fully saturated rings. The lowest BCUT2D eigenvalue weighted by Gasteiger charge is -2.22. The molecule has 2 nitrogen and oxygen atoms in total. The van der Waals surface area contributed by atoms with E-state index in [-0.39, 0.29) is 5.41 Å². The second kappa shape index (κ2) is 5.25. The van der Waals surface area contributed by atoms with E-state index in [1.54, 1.807) is 0 Å². The van der Waals surface area contributed by atoms with Crippen molar-refractivity contribution in [2.45, 2.75) is 47.5 Å². The number of hydrogen-bond donors (Lipinski definition) is 0. The highest BCUT2D eigenvalue weighted by atomic mass is 16.2. The minimum absolute atomic E-state index is 0.267. The summed E-state index contributed by atoms with van der Waals surface area (Å²) in [5, 5.41) is 0. The molecule has 0 radical (unpaired) electrons. The molecule has 0 aliphatic carbocycles. The van der Waals surface area contributed by atoms with Crippen molar-refractivity contribution in [1.29, 1.82) is 0 Å². The monoisotopic (exact) mass is 185 g/mol. The number of amides is 1. The molecule has 0 aromatic carbocycles. The quantitative estimate of drug-likeness (QED) is 0.659. The molecule has 0 N–H and O–H groups in total. The van der Waals surface area contributed by atoms with Crippen LogP contribution in [0.2, 0.25) is 0 Å². The zero-order valence-corrected chi connectivity index (χ0v) is 9.68. The highest BCUT2D eigenvalue weighted by Crippen LogP contribution is 2.20. The topological polar surface area (TPSA) is 20.3 Å². The van der Waals surface area contributed by atoms with Gasteiger partial charge in [-0.15, -0.1) is 0 Å². The summed E-state index contributed by atoms with van der Waals surface area (Å²) >= 11 is 0. The molecule has 0 saturated carbocycles. The normalized spacial score (nSPS) is 11.5. The van der Waals surface area contributed by atoms with Gasteiger partial charge in [0.1, 0.15) is 0 Å². The zero-order chi connectivity index (χ0) is 10.5. The van der Waals surface area contributed by atoms with Gasteiger partial charge in [-0.1, -0.05) is 20.8 Å². The SMILES string of the molecule is CCN(CC)C(=O)CCC(C)(C)C. The Bertz CT molecular complexity index is 154. The molecule has 0 atom stereocenters. The molecule has 1 amide bonds. The van der Waals surface area contributed by atoms with Crippen LogP contribution in [0.25, 0.3) is 0 Å². The lowest BCUT2D eigenvalue weighted by Crippen LogP contribution is -2.31. The molecular weight excluding hydrogens is 162 g/mol. The maximum atomic E-state index is 11.6. The Morgan fingerprint density at radius 1 is 1.15 bits per heavy atom. The molecule has 0 unspecified atom stereocenters. The van der Waals surface area contributed by atoms with E-state index in [9.17, 15) is 4.79 Å². The Labute approximate surface area is 82.3 Å². The predicted molar refractivity (Wildman–Crippen MR) is 56.6 cm³/mol. The molecule has 2 heteroatoms. The Kier molecular flexibility index (Phi) is 5.04.